The summed E-state index contributed by atoms with van der Waals surface area (Å²) < 4.78 is 0. The Morgan fingerprint density at radius 3 is 2.40 bits per heavy atom. The molecular weight excluding hydrogens is 184 g/mol. The molecule has 1 nitrogen and oxygen atoms in total. The van der Waals surface area contributed by atoms with E-state index in [1.807, 2.05) is 37.3 Å². The van der Waals surface area contributed by atoms with E-state index in [1.54, 1.807) is 0 Å². The maximum Gasteiger partial charge on any atom is 0.120 e. The first-order valence-electron chi connectivity index (χ1n) is 5.00. The van der Waals surface area contributed by atoms with Crippen LogP contribution in [0.4, 0.5) is 0 Å². The first kappa shape index (κ1) is 11.4. The van der Waals surface area contributed by atoms with Crippen LogP contribution in [0.15, 0.2) is 49.1 Å². The Labute approximate surface area is 91.1 Å². The molecule has 0 spiro atoms. The van der Waals surface area contributed by atoms with Crippen molar-refractivity contribution in [3.63, 3.8) is 0 Å². The van der Waals surface area contributed by atoms with Crippen LogP contribution in [0.3, 0.4) is 0 Å². The molecule has 0 bridgehead atoms. The fourth-order valence-electron chi connectivity index (χ4n) is 1.59. The van der Waals surface area contributed by atoms with Gasteiger partial charge in [0, 0.05) is 12.3 Å². The molecule has 0 N–H and O–H groups in total. The van der Waals surface area contributed by atoms with Crippen molar-refractivity contribution in [2.45, 2.75) is 13.3 Å². The van der Waals surface area contributed by atoms with Gasteiger partial charge in [-0.05, 0) is 18.1 Å². The molecule has 0 amide bonds. The van der Waals surface area contributed by atoms with Gasteiger partial charge in [-0.25, -0.2) is 0 Å². The number of hydrogen-bond donors (Lipinski definition) is 0. The van der Waals surface area contributed by atoms with Crippen LogP contribution >= 0.6 is 0 Å². The number of aldehydes is 1. The topological polar surface area (TPSA) is 17.1 Å². The van der Waals surface area contributed by atoms with Crippen LogP contribution in [0.5, 0.6) is 0 Å². The quantitative estimate of drug-likeness (QED) is 0.525. The van der Waals surface area contributed by atoms with E-state index in [0.717, 1.165) is 23.0 Å². The summed E-state index contributed by atoms with van der Waals surface area (Å²) in [6.45, 7) is 9.88. The number of rotatable bonds is 5. The minimum Gasteiger partial charge on any atom is -0.303 e. The van der Waals surface area contributed by atoms with Gasteiger partial charge in [-0.1, -0.05) is 49.1 Å². The van der Waals surface area contributed by atoms with Gasteiger partial charge in [0.2, 0.25) is 0 Å². The van der Waals surface area contributed by atoms with E-state index >= 15 is 0 Å². The smallest absolute Gasteiger partial charge is 0.120 e. The number of carbonyl (C=O) groups excluding carboxylic acids is 1. The Morgan fingerprint density at radius 2 is 1.93 bits per heavy atom. The molecule has 0 radical (unpaired) electrons. The lowest BCUT2D eigenvalue weighted by Crippen LogP contribution is -2.04. The van der Waals surface area contributed by atoms with E-state index < -0.39 is 0 Å². The highest BCUT2D eigenvalue weighted by Gasteiger charge is 2.13. The first-order valence-corrected chi connectivity index (χ1v) is 5.00. The second kappa shape index (κ2) is 5.30. The van der Waals surface area contributed by atoms with Crippen molar-refractivity contribution in [1.29, 1.82) is 0 Å². The molecule has 1 aromatic rings. The molecule has 1 heteroatoms. The van der Waals surface area contributed by atoms with E-state index in [2.05, 4.69) is 13.2 Å². The van der Waals surface area contributed by atoms with E-state index in [1.165, 1.54) is 0 Å². The third-order valence-electron chi connectivity index (χ3n) is 2.49. The van der Waals surface area contributed by atoms with Crippen LogP contribution < -0.4 is 0 Å². The normalized spacial score (nSPS) is 11.8. The van der Waals surface area contributed by atoms with Crippen LogP contribution in [0, 0.1) is 5.92 Å². The third kappa shape index (κ3) is 2.91. The predicted octanol–water partition coefficient (Wildman–Crippen LogP) is 3.48. The lowest BCUT2D eigenvalue weighted by Gasteiger charge is -2.17. The van der Waals surface area contributed by atoms with E-state index in [9.17, 15) is 4.79 Å². The van der Waals surface area contributed by atoms with Crippen molar-refractivity contribution >= 4 is 11.9 Å². The minimum atomic E-state index is 0.0601. The third-order valence-corrected chi connectivity index (χ3v) is 2.49. The fraction of sp³-hybridized carbons (Fsp3) is 0.214. The summed E-state index contributed by atoms with van der Waals surface area (Å²) in [6.07, 6.45) is 1.39. The standard InChI is InChI=1S/C14H16O/c1-11(2)14(9-10-15)12(3)13-7-5-4-6-8-13/h4-8,10,14H,1,3,9H2,2H3/t14-/m1/s1. The van der Waals surface area contributed by atoms with E-state index in [0.29, 0.717) is 6.42 Å². The predicted molar refractivity (Wildman–Crippen MR) is 64.5 cm³/mol. The molecule has 0 aliphatic heterocycles. The van der Waals surface area contributed by atoms with Gasteiger partial charge >= 0.3 is 0 Å². The maximum atomic E-state index is 10.6. The molecule has 0 fully saturated rings. The molecule has 1 atom stereocenters. The summed E-state index contributed by atoms with van der Waals surface area (Å²) in [6, 6.07) is 9.91. The van der Waals surface area contributed by atoms with Gasteiger partial charge < -0.3 is 4.79 Å². The molecular formula is C14H16O. The first-order chi connectivity index (χ1) is 7.16. The van der Waals surface area contributed by atoms with Crippen molar-refractivity contribution in [2.24, 2.45) is 5.92 Å². The molecule has 0 heterocycles. The molecule has 1 rings (SSSR count). The lowest BCUT2D eigenvalue weighted by atomic mass is 9.87. The average molecular weight is 200 g/mol. The summed E-state index contributed by atoms with van der Waals surface area (Å²) in [5.41, 5.74) is 3.03. The highest BCUT2D eigenvalue weighted by molar-refractivity contribution is 5.70. The van der Waals surface area contributed by atoms with Crippen molar-refractivity contribution in [3.05, 3.63) is 54.6 Å². The van der Waals surface area contributed by atoms with Crippen molar-refractivity contribution in [3.8, 4) is 0 Å². The average Bonchev–Trinajstić information content (AvgIpc) is 2.26. The SMILES string of the molecule is C=C(C)[C@@H](CC=O)C(=C)c1ccccc1. The van der Waals surface area contributed by atoms with E-state index in [4.69, 9.17) is 0 Å². The van der Waals surface area contributed by atoms with E-state index in [-0.39, 0.29) is 5.92 Å². The van der Waals surface area contributed by atoms with Gasteiger partial charge in [0.25, 0.3) is 0 Å². The molecule has 0 saturated carbocycles. The van der Waals surface area contributed by atoms with Crippen LogP contribution in [-0.2, 0) is 4.79 Å². The Bertz CT molecular complexity index is 362. The highest BCUT2D eigenvalue weighted by Crippen LogP contribution is 2.28. The summed E-state index contributed by atoms with van der Waals surface area (Å²) in [4.78, 5) is 10.6. The van der Waals surface area contributed by atoms with Crippen LogP contribution in [0.2, 0.25) is 0 Å². The largest absolute Gasteiger partial charge is 0.303 e. The molecule has 0 aliphatic carbocycles. The molecule has 78 valence electrons. The second-order valence-electron chi connectivity index (χ2n) is 3.69. The molecule has 0 saturated heterocycles. The Hall–Kier alpha value is -1.63. The van der Waals surface area contributed by atoms with Crippen LogP contribution in [0.1, 0.15) is 18.9 Å². The van der Waals surface area contributed by atoms with Crippen LogP contribution in [0.25, 0.3) is 5.57 Å². The van der Waals surface area contributed by atoms with Gasteiger partial charge in [0.05, 0.1) is 0 Å². The Balaban J connectivity index is 2.91. The van der Waals surface area contributed by atoms with Crippen molar-refractivity contribution in [2.75, 3.05) is 0 Å². The number of benzene rings is 1. The summed E-state index contributed by atoms with van der Waals surface area (Å²) in [7, 11) is 0. The zero-order valence-electron chi connectivity index (χ0n) is 9.07. The Kier molecular flexibility index (Phi) is 4.04. The van der Waals surface area contributed by atoms with Crippen LogP contribution in [-0.4, -0.2) is 6.29 Å². The highest BCUT2D eigenvalue weighted by atomic mass is 16.1. The molecule has 0 aromatic heterocycles. The number of carbonyl (C=O) groups is 1. The van der Waals surface area contributed by atoms with Gasteiger partial charge in [-0.3, -0.25) is 0 Å². The fourth-order valence-corrected chi connectivity index (χ4v) is 1.59. The van der Waals surface area contributed by atoms with Gasteiger partial charge in [0.15, 0.2) is 0 Å². The zero-order chi connectivity index (χ0) is 11.3. The summed E-state index contributed by atoms with van der Waals surface area (Å²) in [5.74, 6) is 0.0601. The zero-order valence-corrected chi connectivity index (χ0v) is 9.07. The molecule has 1 aromatic carbocycles. The maximum absolute atomic E-state index is 10.6. The monoisotopic (exact) mass is 200 g/mol. The van der Waals surface area contributed by atoms with Crippen molar-refractivity contribution < 1.29 is 4.79 Å². The summed E-state index contributed by atoms with van der Waals surface area (Å²) in [5, 5.41) is 0. The number of allylic oxidation sites excluding steroid dienone is 2. The molecule has 0 aliphatic rings. The summed E-state index contributed by atoms with van der Waals surface area (Å²) >= 11 is 0. The molecule has 0 unspecified atom stereocenters. The minimum absolute atomic E-state index is 0.0601. The number of hydrogen-bond acceptors (Lipinski definition) is 1. The molecule has 15 heavy (non-hydrogen) atoms. The van der Waals surface area contributed by atoms with Gasteiger partial charge in [-0.15, -0.1) is 0 Å². The lowest BCUT2D eigenvalue weighted by molar-refractivity contribution is -0.108. The van der Waals surface area contributed by atoms with Crippen molar-refractivity contribution in [1.82, 2.24) is 0 Å². The second-order valence-corrected chi connectivity index (χ2v) is 3.69. The Morgan fingerprint density at radius 1 is 1.33 bits per heavy atom. The van der Waals surface area contributed by atoms with Gasteiger partial charge in [-0.2, -0.15) is 0 Å². The van der Waals surface area contributed by atoms with Gasteiger partial charge in [0.1, 0.15) is 6.29 Å².